The standard InChI is InChI=1S/C19H20N4O3/c20-10-9-17(21)13-1-3-14(4-2-13)25-15-6-8-19(23-12-15)26-16-5-7-18(24)22-11-16/h1-4,6,8-10,12,16,20H,5,7,11,21H2,(H,22,24)/p+1/b17-9-,20-10?. The third kappa shape index (κ3) is 4.60. The number of benzene rings is 1. The van der Waals surface area contributed by atoms with E-state index in [2.05, 4.69) is 10.3 Å². The summed E-state index contributed by atoms with van der Waals surface area (Å²) in [4.78, 5) is 15.4. The van der Waals surface area contributed by atoms with Gasteiger partial charge in [0.05, 0.1) is 12.7 Å². The summed E-state index contributed by atoms with van der Waals surface area (Å²) in [6, 6.07) is 10.9. The molecule has 0 aliphatic carbocycles. The molecular formula is C19H21N4O3+. The molecular weight excluding hydrogens is 332 g/mol. The summed E-state index contributed by atoms with van der Waals surface area (Å²) in [6.45, 7) is 0.505. The van der Waals surface area contributed by atoms with E-state index in [1.54, 1.807) is 24.4 Å². The van der Waals surface area contributed by atoms with Crippen molar-refractivity contribution in [1.29, 1.82) is 0 Å². The normalized spacial score (nSPS) is 17.3. The van der Waals surface area contributed by atoms with Gasteiger partial charge in [0.25, 0.3) is 0 Å². The second-order valence-corrected chi connectivity index (χ2v) is 5.86. The molecule has 5 N–H and O–H groups in total. The van der Waals surface area contributed by atoms with Gasteiger partial charge in [-0.1, -0.05) is 0 Å². The van der Waals surface area contributed by atoms with E-state index < -0.39 is 0 Å². The highest BCUT2D eigenvalue weighted by Crippen LogP contribution is 2.24. The van der Waals surface area contributed by atoms with Crippen LogP contribution in [0.4, 0.5) is 0 Å². The Balaban J connectivity index is 1.58. The van der Waals surface area contributed by atoms with Gasteiger partial charge in [-0.2, -0.15) is 0 Å². The van der Waals surface area contributed by atoms with E-state index in [9.17, 15) is 4.79 Å². The Morgan fingerprint density at radius 1 is 1.23 bits per heavy atom. The number of allylic oxidation sites excluding steroid dienone is 1. The van der Waals surface area contributed by atoms with Crippen molar-refractivity contribution < 1.29 is 19.7 Å². The molecule has 0 bridgehead atoms. The Bertz CT molecular complexity index is 791. The van der Waals surface area contributed by atoms with Crippen molar-refractivity contribution in [3.05, 3.63) is 54.2 Å². The molecule has 1 saturated heterocycles. The number of carbonyl (C=O) groups is 1. The van der Waals surface area contributed by atoms with Crippen LogP contribution >= 0.6 is 0 Å². The molecule has 1 aliphatic rings. The monoisotopic (exact) mass is 353 g/mol. The van der Waals surface area contributed by atoms with Gasteiger partial charge in [-0.05, 0) is 42.3 Å². The van der Waals surface area contributed by atoms with Crippen LogP contribution in [-0.2, 0) is 4.79 Å². The van der Waals surface area contributed by atoms with Gasteiger partial charge in [-0.25, -0.2) is 4.98 Å². The van der Waals surface area contributed by atoms with E-state index in [1.807, 2.05) is 24.3 Å². The number of rotatable bonds is 6. The van der Waals surface area contributed by atoms with E-state index in [1.165, 1.54) is 6.21 Å². The Morgan fingerprint density at radius 2 is 2.00 bits per heavy atom. The van der Waals surface area contributed by atoms with Crippen molar-refractivity contribution in [1.82, 2.24) is 10.3 Å². The second-order valence-electron chi connectivity index (χ2n) is 5.86. The molecule has 1 fully saturated rings. The molecule has 1 amide bonds. The molecule has 26 heavy (non-hydrogen) atoms. The Hall–Kier alpha value is -3.35. The Morgan fingerprint density at radius 3 is 2.62 bits per heavy atom. The summed E-state index contributed by atoms with van der Waals surface area (Å²) in [5.74, 6) is 1.83. The van der Waals surface area contributed by atoms with Gasteiger partial charge in [0.1, 0.15) is 17.6 Å². The van der Waals surface area contributed by atoms with Crippen LogP contribution in [0.25, 0.3) is 5.70 Å². The third-order valence-electron chi connectivity index (χ3n) is 3.92. The van der Waals surface area contributed by atoms with Gasteiger partial charge in [0.2, 0.25) is 11.8 Å². The molecule has 1 aliphatic heterocycles. The summed E-state index contributed by atoms with van der Waals surface area (Å²) in [7, 11) is 0. The van der Waals surface area contributed by atoms with Gasteiger partial charge < -0.3 is 20.5 Å². The van der Waals surface area contributed by atoms with Crippen LogP contribution in [0.15, 0.2) is 48.7 Å². The lowest BCUT2D eigenvalue weighted by atomic mass is 10.1. The molecule has 7 heteroatoms. The largest absolute Gasteiger partial charge is 0.472 e. The molecule has 0 spiro atoms. The van der Waals surface area contributed by atoms with Gasteiger partial charge in [-0.15, -0.1) is 0 Å². The van der Waals surface area contributed by atoms with Gasteiger partial charge in [0, 0.05) is 24.3 Å². The van der Waals surface area contributed by atoms with E-state index in [0.717, 1.165) is 5.56 Å². The number of ether oxygens (including phenoxy) is 2. The fourth-order valence-corrected chi connectivity index (χ4v) is 2.53. The summed E-state index contributed by atoms with van der Waals surface area (Å²) in [5.41, 5.74) is 7.32. The van der Waals surface area contributed by atoms with Crippen molar-refractivity contribution >= 4 is 17.8 Å². The fourth-order valence-electron chi connectivity index (χ4n) is 2.53. The first-order chi connectivity index (χ1) is 12.6. The number of amides is 1. The number of nitrogens with zero attached hydrogens (tertiary/aromatic N) is 1. The van der Waals surface area contributed by atoms with Crippen molar-refractivity contribution in [2.24, 2.45) is 5.73 Å². The van der Waals surface area contributed by atoms with E-state index in [-0.39, 0.29) is 12.0 Å². The molecule has 1 unspecified atom stereocenters. The lowest BCUT2D eigenvalue weighted by Gasteiger charge is -2.22. The van der Waals surface area contributed by atoms with Crippen LogP contribution in [0.1, 0.15) is 18.4 Å². The number of hydrogen-bond donors (Lipinski definition) is 3. The van der Waals surface area contributed by atoms with Crippen LogP contribution < -0.4 is 25.9 Å². The minimum absolute atomic E-state index is 0.0520. The molecule has 0 saturated carbocycles. The van der Waals surface area contributed by atoms with Crippen LogP contribution in [0, 0.1) is 0 Å². The van der Waals surface area contributed by atoms with E-state index >= 15 is 0 Å². The smallest absolute Gasteiger partial charge is 0.220 e. The fraction of sp³-hybridized carbons (Fsp3) is 0.211. The topological polar surface area (TPSA) is 112 Å². The minimum Gasteiger partial charge on any atom is -0.472 e. The van der Waals surface area contributed by atoms with Crippen molar-refractivity contribution in [3.8, 4) is 17.4 Å². The summed E-state index contributed by atoms with van der Waals surface area (Å²) >= 11 is 0. The zero-order chi connectivity index (χ0) is 18.4. The minimum atomic E-state index is -0.0520. The third-order valence-corrected chi connectivity index (χ3v) is 3.92. The van der Waals surface area contributed by atoms with Crippen LogP contribution in [0.2, 0.25) is 0 Å². The molecule has 7 nitrogen and oxygen atoms in total. The quantitative estimate of drug-likeness (QED) is 0.661. The highest BCUT2D eigenvalue weighted by atomic mass is 16.5. The molecule has 2 heterocycles. The van der Waals surface area contributed by atoms with Crippen LogP contribution in [0.5, 0.6) is 17.4 Å². The number of nitrogens with one attached hydrogen (secondary N) is 1. The zero-order valence-electron chi connectivity index (χ0n) is 14.2. The summed E-state index contributed by atoms with van der Waals surface area (Å²) < 4.78 is 11.5. The lowest BCUT2D eigenvalue weighted by Crippen LogP contribution is -2.40. The van der Waals surface area contributed by atoms with Gasteiger partial charge in [0.15, 0.2) is 6.21 Å². The number of hydrogen-bond acceptors (Lipinski definition) is 5. The molecule has 1 atom stereocenters. The van der Waals surface area contributed by atoms with Crippen molar-refractivity contribution in [2.45, 2.75) is 18.9 Å². The number of piperidine rings is 1. The SMILES string of the molecule is N/C(=C\C=[NH2+])c1ccc(Oc2ccc(OC3CCC(=O)NC3)nc2)cc1. The number of carbonyl (C=O) groups excluding carboxylic acids is 1. The first-order valence-electron chi connectivity index (χ1n) is 8.32. The van der Waals surface area contributed by atoms with Crippen LogP contribution in [-0.4, -0.2) is 29.8 Å². The molecule has 2 aromatic rings. The van der Waals surface area contributed by atoms with E-state index in [4.69, 9.17) is 20.6 Å². The first kappa shape index (κ1) is 17.5. The van der Waals surface area contributed by atoms with Gasteiger partial charge >= 0.3 is 0 Å². The van der Waals surface area contributed by atoms with E-state index in [0.29, 0.717) is 42.5 Å². The van der Waals surface area contributed by atoms with Crippen molar-refractivity contribution in [3.63, 3.8) is 0 Å². The molecule has 3 rings (SSSR count). The van der Waals surface area contributed by atoms with Crippen molar-refractivity contribution in [2.75, 3.05) is 6.54 Å². The zero-order valence-corrected chi connectivity index (χ0v) is 14.2. The molecule has 0 radical (unpaired) electrons. The molecule has 134 valence electrons. The average molecular weight is 353 g/mol. The molecule has 1 aromatic carbocycles. The highest BCUT2D eigenvalue weighted by Gasteiger charge is 2.19. The van der Waals surface area contributed by atoms with Crippen LogP contribution in [0.3, 0.4) is 0 Å². The first-order valence-corrected chi connectivity index (χ1v) is 8.32. The predicted octanol–water partition coefficient (Wildman–Crippen LogP) is 0.661. The molecule has 1 aromatic heterocycles. The summed E-state index contributed by atoms with van der Waals surface area (Å²) in [5, 5.41) is 8.11. The van der Waals surface area contributed by atoms with Gasteiger partial charge in [-0.3, -0.25) is 10.2 Å². The maximum absolute atomic E-state index is 11.2. The number of aromatic nitrogens is 1. The lowest BCUT2D eigenvalue weighted by molar-refractivity contribution is -0.123. The maximum Gasteiger partial charge on any atom is 0.220 e. The average Bonchev–Trinajstić information content (AvgIpc) is 2.66. The Labute approximate surface area is 151 Å². The second kappa shape index (κ2) is 8.15. The summed E-state index contributed by atoms with van der Waals surface area (Å²) in [6.07, 6.45) is 5.75. The highest BCUT2D eigenvalue weighted by molar-refractivity contribution is 5.80. The Kier molecular flexibility index (Phi) is 5.48. The number of pyridine rings is 1. The predicted molar refractivity (Wildman–Crippen MR) is 97.6 cm³/mol. The number of nitrogens with two attached hydrogens (primary N) is 2. The maximum atomic E-state index is 11.2.